The van der Waals surface area contributed by atoms with E-state index in [1.165, 1.54) is 23.3 Å². The number of piperidine rings is 2. The first-order valence-corrected chi connectivity index (χ1v) is 27.2. The highest BCUT2D eigenvalue weighted by molar-refractivity contribution is 7.90. The van der Waals surface area contributed by atoms with Crippen molar-refractivity contribution in [3.05, 3.63) is 106 Å². The van der Waals surface area contributed by atoms with Crippen molar-refractivity contribution < 1.29 is 37.8 Å². The van der Waals surface area contributed by atoms with Crippen LogP contribution < -0.4 is 24.6 Å². The number of aryl methyl sites for hydroxylation is 1. The van der Waals surface area contributed by atoms with Crippen LogP contribution in [0, 0.1) is 28.4 Å². The number of nitro groups is 1. The number of anilines is 4. The highest BCUT2D eigenvalue weighted by atomic mass is 32.2. The number of nitrogens with zero attached hydrogens (tertiary/aromatic N) is 5. The van der Waals surface area contributed by atoms with Crippen LogP contribution in [0.4, 0.5) is 28.4 Å². The number of benzene rings is 3. The monoisotopic (exact) mass is 1000 g/mol. The van der Waals surface area contributed by atoms with E-state index < -0.39 is 48.7 Å². The average molecular weight is 1000 g/mol. The number of aromatic amines is 1. The van der Waals surface area contributed by atoms with Crippen molar-refractivity contribution in [2.45, 2.75) is 132 Å². The maximum atomic E-state index is 14.7. The van der Waals surface area contributed by atoms with Gasteiger partial charge in [0.1, 0.15) is 23.1 Å². The number of H-pyrrole nitrogens is 1. The van der Waals surface area contributed by atoms with Crippen LogP contribution in [-0.4, -0.2) is 113 Å². The van der Waals surface area contributed by atoms with Crippen LogP contribution in [0.15, 0.2) is 83.9 Å². The summed E-state index contributed by atoms with van der Waals surface area (Å²) in [5.41, 5.74) is 3.88. The van der Waals surface area contributed by atoms with Crippen molar-refractivity contribution in [1.29, 1.82) is 0 Å². The predicted molar refractivity (Wildman–Crippen MR) is 275 cm³/mol. The third kappa shape index (κ3) is 9.40. The Morgan fingerprint density at radius 3 is 2.46 bits per heavy atom. The van der Waals surface area contributed by atoms with E-state index in [-0.39, 0.29) is 34.7 Å². The van der Waals surface area contributed by atoms with Gasteiger partial charge in [-0.15, -0.1) is 0 Å². The van der Waals surface area contributed by atoms with E-state index in [0.29, 0.717) is 74.5 Å². The van der Waals surface area contributed by atoms with E-state index in [4.69, 9.17) is 14.5 Å². The summed E-state index contributed by atoms with van der Waals surface area (Å²) >= 11 is 0. The SMILES string of the molecule is Cc1ccccc1[C@H]1CC[C@](C)(O)CN1C1CC2(CCN(c3ccc(C(=O)NS(=O)(=O)c4ccc(NCC5CCC(C)(O)CC5)c([N+](=O)[O-])c4)c(N4c5cc6cc[nH]c6nc5O[C@H]5COCC[C@@H]54)c3)CC2)C1. The number of aliphatic hydroxyl groups is 2. The zero-order valence-corrected chi connectivity index (χ0v) is 42.1. The first-order valence-electron chi connectivity index (χ1n) is 25.7. The molecule has 4 aliphatic heterocycles. The van der Waals surface area contributed by atoms with Crippen LogP contribution >= 0.6 is 0 Å². The molecular formula is C54H66N8O9S. The number of nitrogens with one attached hydrogen (secondary N) is 3. The molecule has 11 rings (SSSR count). The number of likely N-dealkylation sites (tertiary alicyclic amines) is 1. The summed E-state index contributed by atoms with van der Waals surface area (Å²) in [5.74, 6) is -0.338. The minimum absolute atomic E-state index is 0.102. The van der Waals surface area contributed by atoms with Gasteiger partial charge in [-0.05, 0) is 156 Å². The Kier molecular flexibility index (Phi) is 12.5. The van der Waals surface area contributed by atoms with E-state index >= 15 is 0 Å². The molecule has 5 N–H and O–H groups in total. The highest BCUT2D eigenvalue weighted by Crippen LogP contribution is 2.55. The fraction of sp³-hybridized carbons (Fsp3) is 0.519. The van der Waals surface area contributed by atoms with Gasteiger partial charge < -0.3 is 39.8 Å². The first-order chi connectivity index (χ1) is 34.4. The molecule has 382 valence electrons. The van der Waals surface area contributed by atoms with Gasteiger partial charge in [0.05, 0.1) is 44.9 Å². The Balaban J connectivity index is 0.870. The molecule has 4 atom stereocenters. The molecule has 6 heterocycles. The van der Waals surface area contributed by atoms with Crippen LogP contribution in [0.25, 0.3) is 11.0 Å². The summed E-state index contributed by atoms with van der Waals surface area (Å²) in [6, 6.07) is 22.1. The lowest BCUT2D eigenvalue weighted by atomic mass is 9.59. The number of hydrogen-bond acceptors (Lipinski definition) is 14. The van der Waals surface area contributed by atoms with Gasteiger partial charge in [0, 0.05) is 68.2 Å². The molecule has 0 radical (unpaired) electrons. The van der Waals surface area contributed by atoms with E-state index in [1.54, 1.807) is 12.3 Å². The lowest BCUT2D eigenvalue weighted by molar-refractivity contribution is -0.384. The molecule has 2 aromatic heterocycles. The Morgan fingerprint density at radius 2 is 1.69 bits per heavy atom. The number of fused-ring (bicyclic) bond motifs is 3. The molecular weight excluding hydrogens is 937 g/mol. The average Bonchev–Trinajstić information content (AvgIpc) is 3.81. The van der Waals surface area contributed by atoms with Crippen molar-refractivity contribution >= 4 is 55.4 Å². The topological polar surface area (TPSA) is 216 Å². The van der Waals surface area contributed by atoms with Gasteiger partial charge in [-0.25, -0.2) is 13.1 Å². The quantitative estimate of drug-likeness (QED) is 0.0622. The fourth-order valence-electron chi connectivity index (χ4n) is 12.7. The van der Waals surface area contributed by atoms with Crippen LogP contribution in [0.2, 0.25) is 0 Å². The minimum Gasteiger partial charge on any atom is -0.468 e. The molecule has 3 saturated heterocycles. The van der Waals surface area contributed by atoms with Crippen molar-refractivity contribution in [3.8, 4) is 5.88 Å². The number of sulfonamides is 1. The van der Waals surface area contributed by atoms with Crippen LogP contribution in [0.5, 0.6) is 5.88 Å². The third-order valence-corrected chi connectivity index (χ3v) is 18.3. The molecule has 2 saturated carbocycles. The molecule has 0 unspecified atom stereocenters. The summed E-state index contributed by atoms with van der Waals surface area (Å²) in [4.78, 5) is 41.0. The minimum atomic E-state index is -4.63. The number of ether oxygens (including phenoxy) is 2. The Morgan fingerprint density at radius 1 is 0.931 bits per heavy atom. The second kappa shape index (κ2) is 18.6. The Hall–Kier alpha value is -5.79. The molecule has 18 heteroatoms. The maximum Gasteiger partial charge on any atom is 0.293 e. The molecule has 5 fully saturated rings. The van der Waals surface area contributed by atoms with Gasteiger partial charge in [-0.1, -0.05) is 24.3 Å². The lowest BCUT2D eigenvalue weighted by Crippen LogP contribution is -2.60. The number of amides is 1. The van der Waals surface area contributed by atoms with Gasteiger partial charge in [0.25, 0.3) is 21.6 Å². The number of nitro benzene ring substituents is 1. The van der Waals surface area contributed by atoms with Gasteiger partial charge in [-0.3, -0.25) is 19.8 Å². The fourth-order valence-corrected chi connectivity index (χ4v) is 13.7. The summed E-state index contributed by atoms with van der Waals surface area (Å²) in [7, 11) is -4.63. The molecule has 3 aromatic carbocycles. The van der Waals surface area contributed by atoms with Crippen LogP contribution in [0.1, 0.15) is 112 Å². The second-order valence-corrected chi connectivity index (χ2v) is 23.9. The standard InChI is InChI=1S/C54H66N8O9S/c1-34-6-4-5-7-40(34)43-14-19-53(3,65)33-60(43)38-29-54(30-38)20-23-59(24-21-54)37-8-10-41(45(27-37)61-44-16-25-70-32-48(44)71-51-47(61)26-36-15-22-55-49(36)57-51)50(63)58-72(68,69)39-9-11-42(46(28-39)62(66)67)56-31-35-12-17-52(2,64)18-13-35/h4-11,15,22,26-28,35,38,43-44,48,56,64-65H,12-14,16-21,23-25,29-33H2,1-3H3,(H,55,57)(H,58,63)/t35?,43-,44+,48+,52?,53+/m1/s1. The molecule has 72 heavy (non-hydrogen) atoms. The van der Waals surface area contributed by atoms with Crippen molar-refractivity contribution in [3.63, 3.8) is 0 Å². The first kappa shape index (κ1) is 48.5. The summed E-state index contributed by atoms with van der Waals surface area (Å²) < 4.78 is 43.0. The number of carbonyl (C=O) groups is 1. The van der Waals surface area contributed by atoms with Gasteiger partial charge in [0.2, 0.25) is 5.88 Å². The zero-order chi connectivity index (χ0) is 50.2. The molecule has 0 bridgehead atoms. The van der Waals surface area contributed by atoms with E-state index in [2.05, 4.69) is 60.9 Å². The van der Waals surface area contributed by atoms with E-state index in [9.17, 15) is 33.5 Å². The van der Waals surface area contributed by atoms with Crippen LogP contribution in [0.3, 0.4) is 0 Å². The number of carbonyl (C=O) groups excluding carboxylic acids is 1. The Bertz CT molecular complexity index is 2990. The van der Waals surface area contributed by atoms with Gasteiger partial charge >= 0.3 is 0 Å². The smallest absolute Gasteiger partial charge is 0.293 e. The molecule has 17 nitrogen and oxygen atoms in total. The predicted octanol–water partition coefficient (Wildman–Crippen LogP) is 8.28. The lowest BCUT2D eigenvalue weighted by Gasteiger charge is -2.59. The van der Waals surface area contributed by atoms with Gasteiger partial charge in [0.15, 0.2) is 0 Å². The largest absolute Gasteiger partial charge is 0.468 e. The van der Waals surface area contributed by atoms with Crippen LogP contribution in [-0.2, 0) is 14.8 Å². The number of β-amino-alcohol motifs (C(OH)–C–C–N with tert-alkyl or cyclic N) is 1. The van der Waals surface area contributed by atoms with E-state index in [0.717, 1.165) is 81.6 Å². The summed E-state index contributed by atoms with van der Waals surface area (Å²) in [6.45, 7) is 9.39. The summed E-state index contributed by atoms with van der Waals surface area (Å²) in [5, 5.41) is 38.0. The van der Waals surface area contributed by atoms with E-state index in [1.807, 2.05) is 38.1 Å². The normalized spacial score (nSPS) is 27.6. The molecule has 5 aromatic rings. The van der Waals surface area contributed by atoms with Crippen molar-refractivity contribution in [2.24, 2.45) is 11.3 Å². The Labute approximate surface area is 420 Å². The van der Waals surface area contributed by atoms with Crippen molar-refractivity contribution in [1.82, 2.24) is 19.6 Å². The summed E-state index contributed by atoms with van der Waals surface area (Å²) in [6.07, 6.45) is 10.5. The number of pyridine rings is 1. The molecule has 2 aliphatic carbocycles. The van der Waals surface area contributed by atoms with Gasteiger partial charge in [-0.2, -0.15) is 4.98 Å². The molecule has 1 amide bonds. The third-order valence-electron chi connectivity index (χ3n) is 17.0. The second-order valence-electron chi connectivity index (χ2n) is 22.2. The molecule has 6 aliphatic rings. The van der Waals surface area contributed by atoms with Crippen molar-refractivity contribution in [2.75, 3.05) is 54.5 Å². The zero-order valence-electron chi connectivity index (χ0n) is 41.3. The molecule has 1 spiro atoms. The maximum absolute atomic E-state index is 14.7. The number of aromatic nitrogens is 2. The number of rotatable bonds is 11. The number of hydrogen-bond donors (Lipinski definition) is 5. The highest BCUT2D eigenvalue weighted by Gasteiger charge is 2.51.